The zero-order valence-electron chi connectivity index (χ0n) is 25.1. The van der Waals surface area contributed by atoms with E-state index in [1.807, 2.05) is 13.8 Å². The second-order valence-corrected chi connectivity index (χ2v) is 10.9. The Morgan fingerprint density at radius 3 is 2.34 bits per heavy atom. The molecule has 0 radical (unpaired) electrons. The fourth-order valence-electron chi connectivity index (χ4n) is 4.82. The highest BCUT2D eigenvalue weighted by atomic mass is 32.1. The molecule has 1 aromatic heterocycles. The van der Waals surface area contributed by atoms with E-state index in [0.717, 1.165) is 17.4 Å². The van der Waals surface area contributed by atoms with Gasteiger partial charge in [-0.05, 0) is 67.4 Å². The van der Waals surface area contributed by atoms with Crippen molar-refractivity contribution in [3.8, 4) is 23.0 Å². The van der Waals surface area contributed by atoms with Crippen molar-refractivity contribution in [2.75, 3.05) is 20.3 Å². The fraction of sp³-hybridized carbons (Fsp3) is 0.219. The monoisotopic (exact) mass is 669 g/mol. The van der Waals surface area contributed by atoms with Gasteiger partial charge in [0.05, 0.1) is 47.0 Å². The van der Waals surface area contributed by atoms with Crippen LogP contribution in [-0.4, -0.2) is 35.8 Å². The number of rotatable bonds is 10. The molecule has 15 heteroatoms. The number of ether oxygens (including phenoxy) is 4. The zero-order valence-corrected chi connectivity index (χ0v) is 25.9. The molecule has 0 aliphatic carbocycles. The number of nitro groups is 1. The first kappa shape index (κ1) is 32.9. The molecule has 2 heterocycles. The smallest absolute Gasteiger partial charge is 0.416 e. The van der Waals surface area contributed by atoms with E-state index < -0.39 is 39.9 Å². The third-order valence-electron chi connectivity index (χ3n) is 6.90. The Morgan fingerprint density at radius 1 is 1.02 bits per heavy atom. The number of nitrogens with zero attached hydrogens (tertiary/aromatic N) is 3. The number of carbonyl (C=O) groups is 1. The van der Waals surface area contributed by atoms with Crippen LogP contribution in [0, 0.1) is 10.1 Å². The summed E-state index contributed by atoms with van der Waals surface area (Å²) in [6.45, 7) is 4.43. The second-order valence-electron chi connectivity index (χ2n) is 9.86. The molecular weight excluding hydrogens is 643 g/mol. The van der Waals surface area contributed by atoms with Crippen LogP contribution in [0.5, 0.6) is 23.0 Å². The van der Waals surface area contributed by atoms with Gasteiger partial charge in [0.15, 0.2) is 16.3 Å². The normalized spacial score (nSPS) is 14.5. The first-order valence-corrected chi connectivity index (χ1v) is 14.9. The average Bonchev–Trinajstić information content (AvgIpc) is 3.36. The molecule has 0 unspecified atom stereocenters. The first-order valence-electron chi connectivity index (χ1n) is 14.1. The minimum absolute atomic E-state index is 0.120. The van der Waals surface area contributed by atoms with Crippen LogP contribution in [0.2, 0.25) is 0 Å². The molecular formula is C32H26F3N3O8S. The van der Waals surface area contributed by atoms with E-state index in [0.29, 0.717) is 52.8 Å². The maximum Gasteiger partial charge on any atom is 0.416 e. The summed E-state index contributed by atoms with van der Waals surface area (Å²) in [5.41, 5.74) is -1.20. The molecule has 1 atom stereocenters. The molecule has 0 N–H and O–H groups in total. The molecule has 47 heavy (non-hydrogen) atoms. The summed E-state index contributed by atoms with van der Waals surface area (Å²) >= 11 is 1.10. The number of fused-ring (bicyclic) bond motifs is 1. The Labute approximate surface area is 268 Å². The number of hydrogen-bond acceptors (Lipinski definition) is 10. The van der Waals surface area contributed by atoms with E-state index in [2.05, 4.69) is 4.99 Å². The van der Waals surface area contributed by atoms with Crippen LogP contribution in [0.4, 0.5) is 18.9 Å². The molecule has 4 aromatic rings. The van der Waals surface area contributed by atoms with E-state index in [1.54, 1.807) is 36.4 Å². The maximum absolute atomic E-state index is 13.8. The minimum atomic E-state index is -4.76. The van der Waals surface area contributed by atoms with E-state index in [-0.39, 0.29) is 21.6 Å². The van der Waals surface area contributed by atoms with Gasteiger partial charge >= 0.3 is 17.8 Å². The van der Waals surface area contributed by atoms with Crippen LogP contribution >= 0.6 is 11.3 Å². The molecule has 0 saturated carbocycles. The molecule has 5 rings (SSSR count). The Morgan fingerprint density at radius 2 is 1.70 bits per heavy atom. The van der Waals surface area contributed by atoms with Gasteiger partial charge < -0.3 is 18.9 Å². The molecule has 11 nitrogen and oxygen atoms in total. The van der Waals surface area contributed by atoms with Gasteiger partial charge in [0.2, 0.25) is 5.75 Å². The number of carbonyl (C=O) groups excluding carboxylic acids is 1. The van der Waals surface area contributed by atoms with Gasteiger partial charge in [0.25, 0.3) is 5.56 Å². The van der Waals surface area contributed by atoms with Crippen LogP contribution in [0.3, 0.4) is 0 Å². The minimum Gasteiger partial charge on any atom is -0.490 e. The van der Waals surface area contributed by atoms with Crippen LogP contribution < -0.4 is 29.1 Å². The van der Waals surface area contributed by atoms with Gasteiger partial charge in [-0.2, -0.15) is 13.2 Å². The molecule has 0 fully saturated rings. The standard InChI is InChI=1S/C32H26F3N3O8S/c1-4-44-25-12-8-19(15-26(25)45-5-2)28-22(30(40)43-3)17-36-31-37(28)29(39)27(47-31)14-18-6-10-21(11-7-18)46-24-13-9-20(32(33,34)35)16-23(24)38(41)42/h6-17,28H,4-5H2,1-3H3/b27-14-/t28-/m0/s1. The number of halogens is 3. The van der Waals surface area contributed by atoms with Crippen molar-refractivity contribution in [1.82, 2.24) is 4.57 Å². The van der Waals surface area contributed by atoms with Gasteiger partial charge in [-0.3, -0.25) is 19.5 Å². The second kappa shape index (κ2) is 13.5. The van der Waals surface area contributed by atoms with Gasteiger partial charge in [0.1, 0.15) is 5.75 Å². The molecule has 0 amide bonds. The number of hydrogen-bond donors (Lipinski definition) is 0. The van der Waals surface area contributed by atoms with Crippen molar-refractivity contribution in [1.29, 1.82) is 0 Å². The third kappa shape index (κ3) is 6.89. The molecule has 0 saturated heterocycles. The Balaban J connectivity index is 1.50. The number of esters is 1. The number of benzene rings is 3. The van der Waals surface area contributed by atoms with E-state index in [4.69, 9.17) is 18.9 Å². The molecule has 0 bridgehead atoms. The Hall–Kier alpha value is -5.44. The average molecular weight is 670 g/mol. The predicted octanol–water partition coefficient (Wildman–Crippen LogP) is 5.53. The van der Waals surface area contributed by atoms with Gasteiger partial charge in [-0.15, -0.1) is 0 Å². The molecule has 0 spiro atoms. The van der Waals surface area contributed by atoms with Gasteiger partial charge in [0, 0.05) is 12.3 Å². The van der Waals surface area contributed by atoms with Crippen molar-refractivity contribution in [3.05, 3.63) is 119 Å². The topological polar surface area (TPSA) is 131 Å². The number of methoxy groups -OCH3 is 1. The quantitative estimate of drug-likeness (QED) is 0.122. The molecule has 1 aliphatic heterocycles. The van der Waals surface area contributed by atoms with E-state index in [1.165, 1.54) is 30.0 Å². The predicted molar refractivity (Wildman–Crippen MR) is 165 cm³/mol. The lowest BCUT2D eigenvalue weighted by Crippen LogP contribution is -2.39. The summed E-state index contributed by atoms with van der Waals surface area (Å²) in [7, 11) is 1.23. The SMILES string of the molecule is CCOc1ccc([C@H]2C(C(=O)OC)=CN=c3s/c(=C\c4ccc(Oc5ccc(C(F)(F)F)cc5[N+](=O)[O-])cc4)c(=O)n32)cc1OCC. The summed E-state index contributed by atoms with van der Waals surface area (Å²) in [6.07, 6.45) is -1.79. The lowest BCUT2D eigenvalue weighted by molar-refractivity contribution is -0.385. The van der Waals surface area contributed by atoms with Crippen LogP contribution in [0.1, 0.15) is 36.6 Å². The molecule has 3 aromatic carbocycles. The lowest BCUT2D eigenvalue weighted by atomic mass is 9.97. The molecule has 244 valence electrons. The number of alkyl halides is 3. The van der Waals surface area contributed by atoms with Gasteiger partial charge in [-0.1, -0.05) is 29.5 Å². The first-order chi connectivity index (χ1) is 22.4. The van der Waals surface area contributed by atoms with Gasteiger partial charge in [-0.25, -0.2) is 9.79 Å². The lowest BCUT2D eigenvalue weighted by Gasteiger charge is -2.23. The van der Waals surface area contributed by atoms with E-state index >= 15 is 0 Å². The molecule has 1 aliphatic rings. The Kier molecular flexibility index (Phi) is 9.46. The summed E-state index contributed by atoms with van der Waals surface area (Å²) in [4.78, 5) is 41.8. The largest absolute Gasteiger partial charge is 0.490 e. The Bertz CT molecular complexity index is 2050. The summed E-state index contributed by atoms with van der Waals surface area (Å²) in [5, 5.41) is 11.4. The summed E-state index contributed by atoms with van der Waals surface area (Å²) in [5.74, 6) is 0.0411. The fourth-order valence-corrected chi connectivity index (χ4v) is 5.79. The zero-order chi connectivity index (χ0) is 33.9. The van der Waals surface area contributed by atoms with Crippen molar-refractivity contribution in [2.24, 2.45) is 4.99 Å². The number of aromatic nitrogens is 1. The van der Waals surface area contributed by atoms with Crippen LogP contribution in [-0.2, 0) is 15.7 Å². The van der Waals surface area contributed by atoms with Crippen LogP contribution in [0.25, 0.3) is 6.08 Å². The van der Waals surface area contributed by atoms with Crippen molar-refractivity contribution < 1.29 is 41.8 Å². The number of thiazole rings is 1. The maximum atomic E-state index is 13.8. The van der Waals surface area contributed by atoms with Crippen molar-refractivity contribution in [2.45, 2.75) is 26.1 Å². The summed E-state index contributed by atoms with van der Waals surface area (Å²) in [6, 6.07) is 12.3. The van der Waals surface area contributed by atoms with E-state index in [9.17, 15) is 32.9 Å². The third-order valence-corrected chi connectivity index (χ3v) is 7.89. The highest BCUT2D eigenvalue weighted by Gasteiger charge is 2.34. The highest BCUT2D eigenvalue weighted by Crippen LogP contribution is 2.38. The summed E-state index contributed by atoms with van der Waals surface area (Å²) < 4.78 is 62.8. The van der Waals surface area contributed by atoms with Crippen molar-refractivity contribution in [3.63, 3.8) is 0 Å². The van der Waals surface area contributed by atoms with Crippen LogP contribution in [0.15, 0.2) is 82.2 Å². The van der Waals surface area contributed by atoms with Crippen molar-refractivity contribution >= 4 is 29.1 Å². The number of nitro benzene ring substituents is 1. The highest BCUT2D eigenvalue weighted by molar-refractivity contribution is 7.07.